The van der Waals surface area contributed by atoms with Gasteiger partial charge in [0.05, 0.1) is 17.4 Å². The maximum atomic E-state index is 4.73. The Kier molecular flexibility index (Phi) is 5.14. The summed E-state index contributed by atoms with van der Waals surface area (Å²) in [6, 6.07) is 21.7. The van der Waals surface area contributed by atoms with Crippen molar-refractivity contribution < 1.29 is 0 Å². The molecule has 0 saturated heterocycles. The maximum Gasteiger partial charge on any atom is 0.139 e. The third kappa shape index (κ3) is 3.73. The van der Waals surface area contributed by atoms with Crippen molar-refractivity contribution in [1.29, 1.82) is 0 Å². The Morgan fingerprint density at radius 3 is 2.34 bits per heavy atom. The van der Waals surface area contributed by atoms with Gasteiger partial charge in [-0.3, -0.25) is 0 Å². The van der Waals surface area contributed by atoms with Crippen LogP contribution in [0.25, 0.3) is 28.0 Å². The van der Waals surface area contributed by atoms with E-state index >= 15 is 0 Å². The van der Waals surface area contributed by atoms with Crippen LogP contribution in [0.4, 0.5) is 0 Å². The number of imidazole rings is 2. The van der Waals surface area contributed by atoms with Gasteiger partial charge in [0.2, 0.25) is 0 Å². The van der Waals surface area contributed by atoms with Crippen LogP contribution in [0, 0.1) is 6.92 Å². The Morgan fingerprint density at radius 2 is 1.62 bits per heavy atom. The minimum atomic E-state index is 0.477. The summed E-state index contributed by atoms with van der Waals surface area (Å²) in [4.78, 5) is 9.36. The molecule has 4 heteroatoms. The second-order valence-electron chi connectivity index (χ2n) is 8.82. The zero-order valence-corrected chi connectivity index (χ0v) is 19.1. The predicted molar refractivity (Wildman–Crippen MR) is 131 cm³/mol. The van der Waals surface area contributed by atoms with Gasteiger partial charge in [0, 0.05) is 31.4 Å². The monoisotopic (exact) mass is 420 g/mol. The highest BCUT2D eigenvalue weighted by Crippen LogP contribution is 2.30. The van der Waals surface area contributed by atoms with Crippen LogP contribution in [-0.2, 0) is 13.5 Å². The molecular formula is C28H28N4. The Hall–Kier alpha value is -3.66. The molecule has 5 aromatic rings. The minimum absolute atomic E-state index is 0.477. The Balaban J connectivity index is 1.47. The summed E-state index contributed by atoms with van der Waals surface area (Å²) in [6.07, 6.45) is 7.01. The number of aryl methyl sites for hydroxylation is 2. The SMILES string of the molecule is Cc1cn(C)c(-c2ccc(Cc3ncc4ccc(-c5ccccc5C(C)C)cn34)cc2)n1. The Bertz CT molecular complexity index is 1390. The summed E-state index contributed by atoms with van der Waals surface area (Å²) in [5, 5.41) is 0. The molecule has 3 heterocycles. The van der Waals surface area contributed by atoms with Crippen LogP contribution in [-0.4, -0.2) is 18.9 Å². The topological polar surface area (TPSA) is 35.1 Å². The molecule has 0 atom stereocenters. The Labute approximate surface area is 189 Å². The van der Waals surface area contributed by atoms with Gasteiger partial charge in [0.25, 0.3) is 0 Å². The molecule has 0 spiro atoms. The summed E-state index contributed by atoms with van der Waals surface area (Å²) in [7, 11) is 2.04. The molecule has 0 fully saturated rings. The van der Waals surface area contributed by atoms with E-state index in [-0.39, 0.29) is 0 Å². The molecule has 0 aliphatic heterocycles. The number of rotatable bonds is 5. The average Bonchev–Trinajstić information content (AvgIpc) is 3.36. The van der Waals surface area contributed by atoms with Crippen molar-refractivity contribution in [2.24, 2.45) is 7.05 Å². The third-order valence-corrected chi connectivity index (χ3v) is 6.07. The van der Waals surface area contributed by atoms with E-state index < -0.39 is 0 Å². The smallest absolute Gasteiger partial charge is 0.139 e. The van der Waals surface area contributed by atoms with E-state index in [9.17, 15) is 0 Å². The first-order valence-electron chi connectivity index (χ1n) is 11.1. The molecule has 5 rings (SSSR count). The average molecular weight is 421 g/mol. The largest absolute Gasteiger partial charge is 0.334 e. The molecule has 0 unspecified atom stereocenters. The van der Waals surface area contributed by atoms with Crippen LogP contribution >= 0.6 is 0 Å². The van der Waals surface area contributed by atoms with Gasteiger partial charge in [-0.15, -0.1) is 0 Å². The van der Waals surface area contributed by atoms with Crippen molar-refractivity contribution in [3.63, 3.8) is 0 Å². The number of aromatic nitrogens is 4. The van der Waals surface area contributed by atoms with Crippen molar-refractivity contribution >= 4 is 5.52 Å². The van der Waals surface area contributed by atoms with Crippen molar-refractivity contribution in [3.8, 4) is 22.5 Å². The molecule has 0 amide bonds. The third-order valence-electron chi connectivity index (χ3n) is 6.07. The molecular weight excluding hydrogens is 392 g/mol. The normalized spacial score (nSPS) is 11.5. The van der Waals surface area contributed by atoms with Crippen molar-refractivity contribution in [2.45, 2.75) is 33.1 Å². The van der Waals surface area contributed by atoms with Gasteiger partial charge in [-0.2, -0.15) is 0 Å². The molecule has 32 heavy (non-hydrogen) atoms. The molecule has 2 aromatic carbocycles. The number of hydrogen-bond acceptors (Lipinski definition) is 2. The number of fused-ring (bicyclic) bond motifs is 1. The highest BCUT2D eigenvalue weighted by atomic mass is 15.0. The molecule has 0 bridgehead atoms. The maximum absolute atomic E-state index is 4.73. The van der Waals surface area contributed by atoms with Gasteiger partial charge >= 0.3 is 0 Å². The minimum Gasteiger partial charge on any atom is -0.334 e. The zero-order chi connectivity index (χ0) is 22.2. The molecule has 0 N–H and O–H groups in total. The lowest BCUT2D eigenvalue weighted by atomic mass is 9.93. The second kappa shape index (κ2) is 8.12. The molecule has 0 radical (unpaired) electrons. The standard InChI is InChI=1S/C28H28N4/c1-19(2)25-7-5-6-8-26(25)23-13-14-24-16-29-27(32(24)18-23)15-21-9-11-22(12-10-21)28-30-20(3)17-31(28)4/h5-14,16-19H,15H2,1-4H3. The van der Waals surface area contributed by atoms with Crippen molar-refractivity contribution in [1.82, 2.24) is 18.9 Å². The Morgan fingerprint density at radius 1 is 0.875 bits per heavy atom. The summed E-state index contributed by atoms with van der Waals surface area (Å²) in [5.74, 6) is 2.52. The first-order chi connectivity index (χ1) is 15.5. The van der Waals surface area contributed by atoms with Crippen LogP contribution in [0.1, 0.15) is 42.4 Å². The molecule has 3 aromatic heterocycles. The van der Waals surface area contributed by atoms with Gasteiger partial charge in [-0.25, -0.2) is 9.97 Å². The predicted octanol–water partition coefficient (Wildman–Crippen LogP) is 6.42. The first kappa shape index (κ1) is 20.3. The van der Waals surface area contributed by atoms with Crippen LogP contribution in [0.15, 0.2) is 79.3 Å². The fraction of sp³-hybridized carbons (Fsp3) is 0.214. The quantitative estimate of drug-likeness (QED) is 0.329. The lowest BCUT2D eigenvalue weighted by Crippen LogP contribution is -1.98. The van der Waals surface area contributed by atoms with Gasteiger partial charge in [-0.05, 0) is 41.2 Å². The van der Waals surface area contributed by atoms with Crippen molar-refractivity contribution in [3.05, 3.63) is 102 Å². The number of pyridine rings is 1. The van der Waals surface area contributed by atoms with E-state index in [1.807, 2.05) is 20.2 Å². The number of hydrogen-bond donors (Lipinski definition) is 0. The molecule has 4 nitrogen and oxygen atoms in total. The summed E-state index contributed by atoms with van der Waals surface area (Å²) < 4.78 is 4.30. The van der Waals surface area contributed by atoms with Crippen molar-refractivity contribution in [2.75, 3.05) is 0 Å². The van der Waals surface area contributed by atoms with Gasteiger partial charge in [0.15, 0.2) is 0 Å². The zero-order valence-electron chi connectivity index (χ0n) is 19.1. The highest BCUT2D eigenvalue weighted by Gasteiger charge is 2.11. The number of benzene rings is 2. The van der Waals surface area contributed by atoms with Crippen LogP contribution in [0.2, 0.25) is 0 Å². The second-order valence-corrected chi connectivity index (χ2v) is 8.82. The highest BCUT2D eigenvalue weighted by molar-refractivity contribution is 5.69. The van der Waals surface area contributed by atoms with Gasteiger partial charge in [-0.1, -0.05) is 68.4 Å². The fourth-order valence-electron chi connectivity index (χ4n) is 4.44. The molecule has 160 valence electrons. The van der Waals surface area contributed by atoms with Gasteiger partial charge in [0.1, 0.15) is 11.6 Å². The molecule has 0 aliphatic rings. The van der Waals surface area contributed by atoms with E-state index in [2.05, 4.69) is 101 Å². The van der Waals surface area contributed by atoms with Crippen LogP contribution in [0.3, 0.4) is 0 Å². The molecule has 0 aliphatic carbocycles. The van der Waals surface area contributed by atoms with E-state index in [0.717, 1.165) is 34.8 Å². The van der Waals surface area contributed by atoms with E-state index in [1.54, 1.807) is 0 Å². The van der Waals surface area contributed by atoms with E-state index in [4.69, 9.17) is 4.98 Å². The van der Waals surface area contributed by atoms with Gasteiger partial charge < -0.3 is 8.97 Å². The molecule has 0 saturated carbocycles. The summed E-state index contributed by atoms with van der Waals surface area (Å²) >= 11 is 0. The lowest BCUT2D eigenvalue weighted by Gasteiger charge is -2.13. The summed E-state index contributed by atoms with van der Waals surface area (Å²) in [5.41, 5.74) is 8.40. The fourth-order valence-corrected chi connectivity index (χ4v) is 4.44. The van der Waals surface area contributed by atoms with E-state index in [1.165, 1.54) is 22.3 Å². The number of nitrogens with zero attached hydrogens (tertiary/aromatic N) is 4. The van der Waals surface area contributed by atoms with E-state index in [0.29, 0.717) is 5.92 Å². The lowest BCUT2D eigenvalue weighted by molar-refractivity contribution is 0.868. The van der Waals surface area contributed by atoms with Crippen LogP contribution < -0.4 is 0 Å². The van der Waals surface area contributed by atoms with Crippen LogP contribution in [0.5, 0.6) is 0 Å². The summed E-state index contributed by atoms with van der Waals surface area (Å²) in [6.45, 7) is 6.51. The first-order valence-corrected chi connectivity index (χ1v) is 11.1.